The molecule has 1 aromatic heterocycles. The molecule has 1 heterocycles. The quantitative estimate of drug-likeness (QED) is 0.278. The summed E-state index contributed by atoms with van der Waals surface area (Å²) in [6.45, 7) is 0.156. The van der Waals surface area contributed by atoms with Crippen LogP contribution in [0.4, 0.5) is 14.9 Å². The summed E-state index contributed by atoms with van der Waals surface area (Å²) in [7, 11) is 0. The minimum Gasteiger partial charge on any atom is -0.507 e. The highest BCUT2D eigenvalue weighted by molar-refractivity contribution is 6.30. The van der Waals surface area contributed by atoms with Crippen LogP contribution in [0.25, 0.3) is 11.3 Å². The van der Waals surface area contributed by atoms with Gasteiger partial charge >= 0.3 is 6.03 Å². The van der Waals surface area contributed by atoms with E-state index in [9.17, 15) is 19.1 Å². The Balaban J connectivity index is 1.35. The minimum atomic E-state index is -0.427. The van der Waals surface area contributed by atoms with Crippen molar-refractivity contribution in [3.63, 3.8) is 0 Å². The van der Waals surface area contributed by atoms with E-state index in [1.807, 2.05) is 6.07 Å². The number of carbonyl (C=O) groups is 2. The predicted octanol–water partition coefficient (Wildman–Crippen LogP) is 6.33. The normalized spacial score (nSPS) is 13.1. The van der Waals surface area contributed by atoms with E-state index < -0.39 is 6.03 Å². The zero-order chi connectivity index (χ0) is 25.9. The monoisotopic (exact) mass is 518 g/mol. The van der Waals surface area contributed by atoms with Gasteiger partial charge in [0.05, 0.1) is 11.4 Å². The van der Waals surface area contributed by atoms with Gasteiger partial charge in [-0.05, 0) is 73.0 Å². The second-order valence-electron chi connectivity index (χ2n) is 8.98. The SMILES string of the molecule is O=C(Nc1ccc(-c2cc(C3CCC3)n(C(=O)NCc3cccc(F)c3)n2)c(O)c1)c1ccc(Cl)cc1. The van der Waals surface area contributed by atoms with Crippen LogP contribution in [0.3, 0.4) is 0 Å². The molecule has 0 aliphatic heterocycles. The summed E-state index contributed by atoms with van der Waals surface area (Å²) >= 11 is 5.88. The number of amides is 2. The molecule has 1 fully saturated rings. The molecule has 2 amide bonds. The van der Waals surface area contributed by atoms with Gasteiger partial charge in [-0.3, -0.25) is 4.79 Å². The van der Waals surface area contributed by atoms with Gasteiger partial charge in [-0.15, -0.1) is 0 Å². The molecule has 9 heteroatoms. The lowest BCUT2D eigenvalue weighted by molar-refractivity contribution is 0.102. The van der Waals surface area contributed by atoms with E-state index in [0.29, 0.717) is 33.1 Å². The molecule has 5 rings (SSSR count). The van der Waals surface area contributed by atoms with E-state index in [4.69, 9.17) is 11.6 Å². The lowest BCUT2D eigenvalue weighted by atomic mass is 9.82. The van der Waals surface area contributed by atoms with Crippen LogP contribution in [0.2, 0.25) is 5.02 Å². The Morgan fingerprint density at radius 2 is 1.84 bits per heavy atom. The van der Waals surface area contributed by atoms with Gasteiger partial charge in [0.25, 0.3) is 5.91 Å². The van der Waals surface area contributed by atoms with Crippen LogP contribution >= 0.6 is 11.6 Å². The first-order valence-electron chi connectivity index (χ1n) is 11.9. The molecule has 3 N–H and O–H groups in total. The number of carbonyl (C=O) groups excluding carboxylic acids is 2. The van der Waals surface area contributed by atoms with Gasteiger partial charge in [0.1, 0.15) is 11.6 Å². The highest BCUT2D eigenvalue weighted by atomic mass is 35.5. The average Bonchev–Trinajstić information content (AvgIpc) is 3.26. The lowest BCUT2D eigenvalue weighted by Crippen LogP contribution is -2.31. The third-order valence-electron chi connectivity index (χ3n) is 6.42. The fraction of sp³-hybridized carbons (Fsp3) is 0.179. The van der Waals surface area contributed by atoms with E-state index in [1.54, 1.807) is 48.5 Å². The van der Waals surface area contributed by atoms with Crippen molar-refractivity contribution in [2.24, 2.45) is 0 Å². The molecule has 0 atom stereocenters. The summed E-state index contributed by atoms with van der Waals surface area (Å²) in [6, 6.07) is 18.6. The lowest BCUT2D eigenvalue weighted by Gasteiger charge is -2.25. The third kappa shape index (κ3) is 5.49. The van der Waals surface area contributed by atoms with Crippen molar-refractivity contribution in [1.82, 2.24) is 15.1 Å². The number of nitrogens with one attached hydrogen (secondary N) is 2. The standard InChI is InChI=1S/C28H24ClFN4O3/c29-20-9-7-19(8-10-20)27(36)32-22-11-12-23(26(35)14-22)24-15-25(18-4-2-5-18)34(33-24)28(37)31-16-17-3-1-6-21(30)13-17/h1,3,6-15,18,35H,2,4-5,16H2,(H,31,37)(H,32,36). The summed E-state index contributed by atoms with van der Waals surface area (Å²) in [6.07, 6.45) is 2.97. The molecule has 0 saturated heterocycles. The number of anilines is 1. The molecule has 4 aromatic rings. The molecular formula is C28H24ClFN4O3. The number of halogens is 2. The molecule has 0 radical (unpaired) electrons. The molecule has 188 valence electrons. The van der Waals surface area contributed by atoms with E-state index >= 15 is 0 Å². The van der Waals surface area contributed by atoms with Crippen molar-refractivity contribution in [3.8, 4) is 17.0 Å². The van der Waals surface area contributed by atoms with Crippen LogP contribution < -0.4 is 10.6 Å². The largest absolute Gasteiger partial charge is 0.507 e. The third-order valence-corrected chi connectivity index (χ3v) is 6.68. The number of rotatable bonds is 6. The number of aromatic hydroxyl groups is 1. The molecule has 3 aromatic carbocycles. The van der Waals surface area contributed by atoms with Gasteiger partial charge in [0.15, 0.2) is 0 Å². The highest BCUT2D eigenvalue weighted by Gasteiger charge is 2.27. The minimum absolute atomic E-state index is 0.0844. The topological polar surface area (TPSA) is 96.3 Å². The number of hydrogen-bond acceptors (Lipinski definition) is 4. The number of benzene rings is 3. The molecule has 1 aliphatic carbocycles. The molecule has 1 aliphatic rings. The predicted molar refractivity (Wildman–Crippen MR) is 139 cm³/mol. The van der Waals surface area contributed by atoms with Gasteiger partial charge in [-0.2, -0.15) is 9.78 Å². The Bertz CT molecular complexity index is 1460. The Labute approximate surface area is 217 Å². The smallest absolute Gasteiger partial charge is 0.342 e. The van der Waals surface area contributed by atoms with Crippen LogP contribution in [0, 0.1) is 5.82 Å². The van der Waals surface area contributed by atoms with Crippen molar-refractivity contribution in [1.29, 1.82) is 0 Å². The van der Waals surface area contributed by atoms with Crippen molar-refractivity contribution >= 4 is 29.2 Å². The fourth-order valence-electron chi connectivity index (χ4n) is 4.21. The number of hydrogen-bond donors (Lipinski definition) is 3. The van der Waals surface area contributed by atoms with Crippen LogP contribution in [-0.4, -0.2) is 26.8 Å². The zero-order valence-corrected chi connectivity index (χ0v) is 20.5. The van der Waals surface area contributed by atoms with Gasteiger partial charge in [0.2, 0.25) is 0 Å². The summed E-state index contributed by atoms with van der Waals surface area (Å²) in [4.78, 5) is 25.5. The van der Waals surface area contributed by atoms with Crippen molar-refractivity contribution in [2.75, 3.05) is 5.32 Å². The van der Waals surface area contributed by atoms with E-state index in [1.165, 1.54) is 22.9 Å². The highest BCUT2D eigenvalue weighted by Crippen LogP contribution is 2.39. The maximum atomic E-state index is 13.5. The maximum Gasteiger partial charge on any atom is 0.342 e. The zero-order valence-electron chi connectivity index (χ0n) is 19.7. The number of phenolic OH excluding ortho intramolecular Hbond substituents is 1. The number of aromatic nitrogens is 2. The van der Waals surface area contributed by atoms with Crippen LogP contribution in [0.15, 0.2) is 72.8 Å². The number of nitrogens with zero attached hydrogens (tertiary/aromatic N) is 2. The first kappa shape index (κ1) is 24.5. The van der Waals surface area contributed by atoms with E-state index in [2.05, 4.69) is 15.7 Å². The van der Waals surface area contributed by atoms with Crippen molar-refractivity contribution in [2.45, 2.75) is 31.7 Å². The van der Waals surface area contributed by atoms with Crippen molar-refractivity contribution in [3.05, 3.63) is 100 Å². The molecule has 0 unspecified atom stereocenters. The Kier molecular flexibility index (Phi) is 6.92. The first-order valence-corrected chi connectivity index (χ1v) is 12.3. The molecule has 1 saturated carbocycles. The van der Waals surface area contributed by atoms with Gasteiger partial charge in [-0.1, -0.05) is 30.2 Å². The fourth-order valence-corrected chi connectivity index (χ4v) is 4.34. The van der Waals surface area contributed by atoms with Crippen molar-refractivity contribution < 1.29 is 19.1 Å². The maximum absolute atomic E-state index is 13.5. The number of phenols is 1. The summed E-state index contributed by atoms with van der Waals surface area (Å²) in [5.41, 5.74) is 3.11. The Morgan fingerprint density at radius 3 is 2.51 bits per heavy atom. The average molecular weight is 519 g/mol. The Hall–Kier alpha value is -4.17. The summed E-state index contributed by atoms with van der Waals surface area (Å²) < 4.78 is 14.8. The second kappa shape index (κ2) is 10.4. The molecule has 37 heavy (non-hydrogen) atoms. The van der Waals surface area contributed by atoms with Gasteiger partial charge in [0, 0.05) is 40.4 Å². The van der Waals surface area contributed by atoms with Crippen LogP contribution in [-0.2, 0) is 6.54 Å². The molecular weight excluding hydrogens is 495 g/mol. The van der Waals surface area contributed by atoms with Gasteiger partial charge in [-0.25, -0.2) is 9.18 Å². The van der Waals surface area contributed by atoms with Gasteiger partial charge < -0.3 is 15.7 Å². The van der Waals surface area contributed by atoms with E-state index in [-0.39, 0.29) is 29.9 Å². The first-order chi connectivity index (χ1) is 17.9. The molecule has 0 spiro atoms. The summed E-state index contributed by atoms with van der Waals surface area (Å²) in [5, 5.41) is 21.3. The Morgan fingerprint density at radius 1 is 1.05 bits per heavy atom. The molecule has 0 bridgehead atoms. The summed E-state index contributed by atoms with van der Waals surface area (Å²) in [5.74, 6) is -0.595. The second-order valence-corrected chi connectivity index (χ2v) is 9.41. The van der Waals surface area contributed by atoms with E-state index in [0.717, 1.165) is 25.0 Å². The molecule has 7 nitrogen and oxygen atoms in total. The van der Waals surface area contributed by atoms with Crippen LogP contribution in [0.5, 0.6) is 5.75 Å². The van der Waals surface area contributed by atoms with Crippen LogP contribution in [0.1, 0.15) is 46.8 Å².